The van der Waals surface area contributed by atoms with E-state index < -0.39 is 0 Å². The zero-order valence-corrected chi connectivity index (χ0v) is 12.8. The number of carbonyl (C=O) groups excluding carboxylic acids is 1. The molecule has 0 fully saturated rings. The largest absolute Gasteiger partial charge is 0.335 e. The predicted octanol–water partition coefficient (Wildman–Crippen LogP) is 4.01. The summed E-state index contributed by atoms with van der Waals surface area (Å²) < 4.78 is 13.3. The van der Waals surface area contributed by atoms with Crippen LogP contribution in [0.5, 0.6) is 0 Å². The van der Waals surface area contributed by atoms with Crippen LogP contribution in [0, 0.1) is 12.7 Å². The molecule has 0 saturated carbocycles. The molecule has 2 nitrogen and oxygen atoms in total. The molecular weight excluding hydrogens is 277 g/mol. The SMILES string of the molecule is C=CCN(CCc1ccccc1)C(=O)c1ccc(F)c(C)c1. The first-order valence-corrected chi connectivity index (χ1v) is 7.32. The first-order chi connectivity index (χ1) is 10.6. The smallest absolute Gasteiger partial charge is 0.254 e. The minimum Gasteiger partial charge on any atom is -0.335 e. The van der Waals surface area contributed by atoms with E-state index in [4.69, 9.17) is 0 Å². The average Bonchev–Trinajstić information content (AvgIpc) is 2.54. The van der Waals surface area contributed by atoms with Gasteiger partial charge >= 0.3 is 0 Å². The number of aryl methyl sites for hydroxylation is 1. The van der Waals surface area contributed by atoms with Crippen molar-refractivity contribution in [1.82, 2.24) is 4.90 Å². The summed E-state index contributed by atoms with van der Waals surface area (Å²) in [5.74, 6) is -0.393. The topological polar surface area (TPSA) is 20.3 Å². The highest BCUT2D eigenvalue weighted by atomic mass is 19.1. The first kappa shape index (κ1) is 16.0. The molecule has 0 radical (unpaired) electrons. The van der Waals surface area contributed by atoms with Gasteiger partial charge in [-0.15, -0.1) is 6.58 Å². The van der Waals surface area contributed by atoms with Crippen LogP contribution in [-0.2, 0) is 6.42 Å². The molecule has 3 heteroatoms. The Morgan fingerprint density at radius 2 is 1.95 bits per heavy atom. The van der Waals surface area contributed by atoms with Gasteiger partial charge in [0.25, 0.3) is 5.91 Å². The van der Waals surface area contributed by atoms with Gasteiger partial charge < -0.3 is 4.90 Å². The lowest BCUT2D eigenvalue weighted by Crippen LogP contribution is -2.33. The molecule has 0 aliphatic rings. The first-order valence-electron chi connectivity index (χ1n) is 7.32. The van der Waals surface area contributed by atoms with E-state index in [2.05, 4.69) is 6.58 Å². The van der Waals surface area contributed by atoms with E-state index in [1.807, 2.05) is 30.3 Å². The number of halogens is 1. The lowest BCUT2D eigenvalue weighted by atomic mass is 10.1. The van der Waals surface area contributed by atoms with Crippen LogP contribution in [0.1, 0.15) is 21.5 Å². The Balaban J connectivity index is 2.10. The highest BCUT2D eigenvalue weighted by Gasteiger charge is 2.15. The Bertz CT molecular complexity index is 652. The molecule has 0 saturated heterocycles. The van der Waals surface area contributed by atoms with Gasteiger partial charge in [0.2, 0.25) is 0 Å². The molecule has 2 rings (SSSR count). The van der Waals surface area contributed by atoms with Gasteiger partial charge in [-0.25, -0.2) is 4.39 Å². The van der Waals surface area contributed by atoms with E-state index in [1.54, 1.807) is 24.0 Å². The molecule has 1 amide bonds. The Labute approximate surface area is 130 Å². The predicted molar refractivity (Wildman–Crippen MR) is 87.4 cm³/mol. The number of amides is 1. The molecule has 0 atom stereocenters. The van der Waals surface area contributed by atoms with E-state index >= 15 is 0 Å². The van der Waals surface area contributed by atoms with Crippen LogP contribution in [-0.4, -0.2) is 23.9 Å². The van der Waals surface area contributed by atoms with Crippen molar-refractivity contribution < 1.29 is 9.18 Å². The Morgan fingerprint density at radius 3 is 2.59 bits per heavy atom. The number of hydrogen-bond donors (Lipinski definition) is 0. The van der Waals surface area contributed by atoms with Gasteiger partial charge in [0.05, 0.1) is 0 Å². The van der Waals surface area contributed by atoms with Gasteiger partial charge in [-0.2, -0.15) is 0 Å². The molecule has 0 bridgehead atoms. The highest BCUT2D eigenvalue weighted by Crippen LogP contribution is 2.12. The van der Waals surface area contributed by atoms with E-state index in [1.165, 1.54) is 17.7 Å². The van der Waals surface area contributed by atoms with Crippen molar-refractivity contribution in [2.45, 2.75) is 13.3 Å². The van der Waals surface area contributed by atoms with Crippen molar-refractivity contribution in [3.63, 3.8) is 0 Å². The monoisotopic (exact) mass is 297 g/mol. The minimum absolute atomic E-state index is 0.0982. The van der Waals surface area contributed by atoms with E-state index in [0.29, 0.717) is 24.2 Å². The fraction of sp³-hybridized carbons (Fsp3) is 0.211. The second kappa shape index (κ2) is 7.55. The summed E-state index contributed by atoms with van der Waals surface area (Å²) in [5.41, 5.74) is 2.17. The van der Waals surface area contributed by atoms with Crippen molar-refractivity contribution in [3.05, 3.63) is 83.7 Å². The molecule has 0 unspecified atom stereocenters. The van der Waals surface area contributed by atoms with Crippen LogP contribution < -0.4 is 0 Å². The molecule has 0 heterocycles. The van der Waals surface area contributed by atoms with Gasteiger partial charge in [0.1, 0.15) is 5.82 Å². The fourth-order valence-electron chi connectivity index (χ4n) is 2.30. The third-order valence-electron chi connectivity index (χ3n) is 3.55. The van der Waals surface area contributed by atoms with Crippen LogP contribution in [0.2, 0.25) is 0 Å². The van der Waals surface area contributed by atoms with Crippen molar-refractivity contribution in [2.75, 3.05) is 13.1 Å². The van der Waals surface area contributed by atoms with Crippen molar-refractivity contribution in [1.29, 1.82) is 0 Å². The molecule has 114 valence electrons. The van der Waals surface area contributed by atoms with Crippen molar-refractivity contribution >= 4 is 5.91 Å². The lowest BCUT2D eigenvalue weighted by Gasteiger charge is -2.21. The van der Waals surface area contributed by atoms with Gasteiger partial charge in [-0.3, -0.25) is 4.79 Å². The zero-order chi connectivity index (χ0) is 15.9. The molecule has 2 aromatic rings. The molecule has 22 heavy (non-hydrogen) atoms. The highest BCUT2D eigenvalue weighted by molar-refractivity contribution is 5.94. The maximum Gasteiger partial charge on any atom is 0.254 e. The van der Waals surface area contributed by atoms with Crippen molar-refractivity contribution in [2.24, 2.45) is 0 Å². The zero-order valence-electron chi connectivity index (χ0n) is 12.8. The standard InChI is InChI=1S/C19H20FNO/c1-3-12-21(13-11-16-7-5-4-6-8-16)19(22)17-9-10-18(20)15(2)14-17/h3-10,14H,1,11-13H2,2H3. The number of hydrogen-bond acceptors (Lipinski definition) is 1. The Morgan fingerprint density at radius 1 is 1.23 bits per heavy atom. The van der Waals surface area contributed by atoms with E-state index in [9.17, 15) is 9.18 Å². The van der Waals surface area contributed by atoms with Crippen LogP contribution in [0.15, 0.2) is 61.2 Å². The summed E-state index contributed by atoms with van der Waals surface area (Å²) in [4.78, 5) is 14.3. The summed E-state index contributed by atoms with van der Waals surface area (Å²) in [5, 5.41) is 0. The minimum atomic E-state index is -0.295. The maximum absolute atomic E-state index is 13.3. The average molecular weight is 297 g/mol. The molecule has 0 aliphatic heterocycles. The van der Waals surface area contributed by atoms with Gasteiger partial charge in [0.15, 0.2) is 0 Å². The maximum atomic E-state index is 13.3. The molecule has 0 aliphatic carbocycles. The van der Waals surface area contributed by atoms with Crippen LogP contribution in [0.25, 0.3) is 0 Å². The molecule has 0 N–H and O–H groups in total. The van der Waals surface area contributed by atoms with Crippen LogP contribution in [0.3, 0.4) is 0 Å². The fourth-order valence-corrected chi connectivity index (χ4v) is 2.30. The molecular formula is C19H20FNO. The van der Waals surface area contributed by atoms with E-state index in [0.717, 1.165) is 6.42 Å². The summed E-state index contributed by atoms with van der Waals surface area (Å²) in [6, 6.07) is 14.5. The molecule has 0 aromatic heterocycles. The number of benzene rings is 2. The molecule has 2 aromatic carbocycles. The van der Waals surface area contributed by atoms with Crippen molar-refractivity contribution in [3.8, 4) is 0 Å². The van der Waals surface area contributed by atoms with Crippen LogP contribution in [0.4, 0.5) is 4.39 Å². The number of rotatable bonds is 6. The number of carbonyl (C=O) groups is 1. The summed E-state index contributed by atoms with van der Waals surface area (Å²) in [7, 11) is 0. The third-order valence-corrected chi connectivity index (χ3v) is 3.55. The Hall–Kier alpha value is -2.42. The second-order valence-electron chi connectivity index (χ2n) is 5.24. The van der Waals surface area contributed by atoms with E-state index in [-0.39, 0.29) is 11.7 Å². The summed E-state index contributed by atoms with van der Waals surface area (Å²) in [6.07, 6.45) is 2.49. The Kier molecular flexibility index (Phi) is 5.48. The lowest BCUT2D eigenvalue weighted by molar-refractivity contribution is 0.0775. The van der Waals surface area contributed by atoms with Gasteiger partial charge in [0, 0.05) is 18.7 Å². The second-order valence-corrected chi connectivity index (χ2v) is 5.24. The number of nitrogens with zero attached hydrogens (tertiary/aromatic N) is 1. The third kappa shape index (κ3) is 4.04. The molecule has 0 spiro atoms. The van der Waals surface area contributed by atoms with Gasteiger partial charge in [-0.05, 0) is 42.7 Å². The normalized spacial score (nSPS) is 10.3. The van der Waals surface area contributed by atoms with Crippen LogP contribution >= 0.6 is 0 Å². The quantitative estimate of drug-likeness (QED) is 0.738. The summed E-state index contributed by atoms with van der Waals surface area (Å²) >= 11 is 0. The van der Waals surface area contributed by atoms with Gasteiger partial charge in [-0.1, -0.05) is 36.4 Å². The summed E-state index contributed by atoms with van der Waals surface area (Å²) in [6.45, 7) is 6.45.